The van der Waals surface area contributed by atoms with Crippen molar-refractivity contribution < 1.29 is 0 Å². The lowest BCUT2D eigenvalue weighted by molar-refractivity contribution is 0.0647. The number of hydrogen-bond acceptors (Lipinski definition) is 4. The molecule has 25 heavy (non-hydrogen) atoms. The van der Waals surface area contributed by atoms with E-state index in [4.69, 9.17) is 0 Å². The molecular formula is C21H32N4. The minimum Gasteiger partial charge on any atom is -0.300 e. The summed E-state index contributed by atoms with van der Waals surface area (Å²) in [7, 11) is 0. The van der Waals surface area contributed by atoms with Crippen LogP contribution >= 0.6 is 0 Å². The standard InChI is InChI=1S/C8H11N.C7H9N.C6H12N2/c1-6-4-7(2)9-8(3)5-6;1-6-4-3-5-7(2)8-6;1-2-8-5-3-7(1)4-6-8/h4-5H,1-3H3;3-5H,1-2H3;1-6H2. The summed E-state index contributed by atoms with van der Waals surface area (Å²) in [6.07, 6.45) is 0. The smallest absolute Gasteiger partial charge is 0.0378 e. The second-order valence-corrected chi connectivity index (χ2v) is 7.03. The van der Waals surface area contributed by atoms with Gasteiger partial charge >= 0.3 is 0 Å². The first-order valence-electron chi connectivity index (χ1n) is 9.19. The summed E-state index contributed by atoms with van der Waals surface area (Å²) in [5, 5.41) is 0. The van der Waals surface area contributed by atoms with Crippen LogP contribution in [0.25, 0.3) is 0 Å². The predicted octanol–water partition coefficient (Wildman–Crippen LogP) is 3.32. The number of aryl methyl sites for hydroxylation is 5. The van der Waals surface area contributed by atoms with Crippen molar-refractivity contribution >= 4 is 0 Å². The molecule has 0 aliphatic carbocycles. The third-order valence-electron chi connectivity index (χ3n) is 4.45. The summed E-state index contributed by atoms with van der Waals surface area (Å²) in [6.45, 7) is 18.0. The van der Waals surface area contributed by atoms with Gasteiger partial charge in [-0.25, -0.2) is 0 Å². The molecule has 0 aromatic carbocycles. The Morgan fingerprint density at radius 1 is 0.600 bits per heavy atom. The maximum Gasteiger partial charge on any atom is 0.0378 e. The van der Waals surface area contributed by atoms with E-state index in [1.54, 1.807) is 0 Å². The number of hydrogen-bond donors (Lipinski definition) is 0. The number of pyridine rings is 2. The fourth-order valence-corrected chi connectivity index (χ4v) is 3.24. The number of rotatable bonds is 0. The normalized spacial score (nSPS) is 20.8. The highest BCUT2D eigenvalue weighted by Crippen LogP contribution is 2.06. The Morgan fingerprint density at radius 3 is 1.20 bits per heavy atom. The molecule has 4 heteroatoms. The van der Waals surface area contributed by atoms with Gasteiger partial charge in [-0.15, -0.1) is 0 Å². The highest BCUT2D eigenvalue weighted by Gasteiger charge is 2.21. The van der Waals surface area contributed by atoms with Crippen LogP contribution in [0.1, 0.15) is 28.3 Å². The summed E-state index contributed by atoms with van der Waals surface area (Å²) < 4.78 is 0. The Kier molecular flexibility index (Phi) is 7.53. The summed E-state index contributed by atoms with van der Waals surface area (Å²) in [5.74, 6) is 0. The van der Waals surface area contributed by atoms with Crippen LogP contribution in [-0.2, 0) is 0 Å². The Bertz CT molecular complexity index is 570. The van der Waals surface area contributed by atoms with Crippen LogP contribution in [0.5, 0.6) is 0 Å². The van der Waals surface area contributed by atoms with Crippen LogP contribution in [0.2, 0.25) is 0 Å². The molecule has 2 aromatic rings. The van der Waals surface area contributed by atoms with Gasteiger partial charge in [0.2, 0.25) is 0 Å². The van der Waals surface area contributed by atoms with E-state index in [2.05, 4.69) is 38.8 Å². The summed E-state index contributed by atoms with van der Waals surface area (Å²) in [6, 6.07) is 10.2. The van der Waals surface area contributed by atoms with Gasteiger partial charge in [0.05, 0.1) is 0 Å². The van der Waals surface area contributed by atoms with Crippen LogP contribution in [-0.4, -0.2) is 59.0 Å². The average molecular weight is 341 g/mol. The highest BCUT2D eigenvalue weighted by atomic mass is 15.3. The number of fused-ring (bicyclic) bond motifs is 3. The maximum absolute atomic E-state index is 4.23. The molecule has 3 fully saturated rings. The largest absolute Gasteiger partial charge is 0.300 e. The molecule has 0 atom stereocenters. The lowest BCUT2D eigenvalue weighted by Gasteiger charge is -2.41. The Hall–Kier alpha value is -1.78. The zero-order valence-electron chi connectivity index (χ0n) is 16.4. The van der Waals surface area contributed by atoms with Crippen molar-refractivity contribution in [2.45, 2.75) is 34.6 Å². The molecular weight excluding hydrogens is 308 g/mol. The number of nitrogens with zero attached hydrogens (tertiary/aromatic N) is 4. The summed E-state index contributed by atoms with van der Waals surface area (Å²) in [5.41, 5.74) is 5.68. The van der Waals surface area contributed by atoms with Crippen LogP contribution < -0.4 is 0 Å². The first kappa shape index (κ1) is 19.5. The molecule has 0 spiro atoms. The van der Waals surface area contributed by atoms with E-state index >= 15 is 0 Å². The van der Waals surface area contributed by atoms with Gasteiger partial charge in [-0.1, -0.05) is 6.07 Å². The first-order chi connectivity index (χ1) is 11.9. The van der Waals surface area contributed by atoms with Crippen molar-refractivity contribution in [1.29, 1.82) is 0 Å². The number of aromatic nitrogens is 2. The molecule has 0 radical (unpaired) electrons. The van der Waals surface area contributed by atoms with Gasteiger partial charge < -0.3 is 0 Å². The zero-order valence-corrected chi connectivity index (χ0v) is 16.4. The minimum absolute atomic E-state index is 1.09. The van der Waals surface area contributed by atoms with Gasteiger partial charge in [0, 0.05) is 62.0 Å². The molecule has 0 unspecified atom stereocenters. The quantitative estimate of drug-likeness (QED) is 0.736. The van der Waals surface area contributed by atoms with Crippen LogP contribution in [0.4, 0.5) is 0 Å². The predicted molar refractivity (Wildman–Crippen MR) is 105 cm³/mol. The molecule has 3 saturated heterocycles. The fraction of sp³-hybridized carbons (Fsp3) is 0.524. The summed E-state index contributed by atoms with van der Waals surface area (Å²) in [4.78, 5) is 13.5. The average Bonchev–Trinajstić information content (AvgIpc) is 2.56. The molecule has 0 amide bonds. The number of piperazine rings is 3. The van der Waals surface area contributed by atoms with Gasteiger partial charge in [-0.2, -0.15) is 0 Å². The minimum atomic E-state index is 1.09. The maximum atomic E-state index is 4.23. The van der Waals surface area contributed by atoms with Crippen LogP contribution in [0.15, 0.2) is 30.3 Å². The molecule has 5 heterocycles. The zero-order chi connectivity index (χ0) is 18.2. The van der Waals surface area contributed by atoms with E-state index in [1.807, 2.05) is 45.9 Å². The van der Waals surface area contributed by atoms with E-state index in [9.17, 15) is 0 Å². The Balaban J connectivity index is 0.000000135. The van der Waals surface area contributed by atoms with Crippen molar-refractivity contribution in [2.75, 3.05) is 39.3 Å². The highest BCUT2D eigenvalue weighted by molar-refractivity contribution is 5.18. The lowest BCUT2D eigenvalue weighted by atomic mass is 10.2. The third-order valence-corrected chi connectivity index (χ3v) is 4.45. The van der Waals surface area contributed by atoms with E-state index in [0.717, 1.165) is 22.8 Å². The van der Waals surface area contributed by atoms with Crippen molar-refractivity contribution in [1.82, 2.24) is 19.8 Å². The van der Waals surface area contributed by atoms with E-state index < -0.39 is 0 Å². The van der Waals surface area contributed by atoms with Crippen LogP contribution in [0.3, 0.4) is 0 Å². The van der Waals surface area contributed by atoms with Gasteiger partial charge in [-0.3, -0.25) is 19.8 Å². The lowest BCUT2D eigenvalue weighted by Crippen LogP contribution is -2.55. The molecule has 0 saturated carbocycles. The second-order valence-electron chi connectivity index (χ2n) is 7.03. The molecule has 3 aliphatic heterocycles. The van der Waals surface area contributed by atoms with E-state index in [-0.39, 0.29) is 0 Å². The molecule has 136 valence electrons. The summed E-state index contributed by atoms with van der Waals surface area (Å²) >= 11 is 0. The molecule has 5 rings (SSSR count). The van der Waals surface area contributed by atoms with Crippen molar-refractivity contribution in [2.24, 2.45) is 0 Å². The monoisotopic (exact) mass is 340 g/mol. The third kappa shape index (κ3) is 7.32. The van der Waals surface area contributed by atoms with E-state index in [1.165, 1.54) is 44.8 Å². The first-order valence-corrected chi connectivity index (χ1v) is 9.19. The van der Waals surface area contributed by atoms with Crippen molar-refractivity contribution in [3.8, 4) is 0 Å². The van der Waals surface area contributed by atoms with Gasteiger partial charge in [-0.05, 0) is 64.4 Å². The van der Waals surface area contributed by atoms with Gasteiger partial charge in [0.15, 0.2) is 0 Å². The topological polar surface area (TPSA) is 32.3 Å². The second kappa shape index (κ2) is 9.64. The Morgan fingerprint density at radius 2 is 0.960 bits per heavy atom. The fourth-order valence-electron chi connectivity index (χ4n) is 3.24. The van der Waals surface area contributed by atoms with Crippen molar-refractivity contribution in [3.05, 3.63) is 58.7 Å². The van der Waals surface area contributed by atoms with Gasteiger partial charge in [0.25, 0.3) is 0 Å². The van der Waals surface area contributed by atoms with Crippen LogP contribution in [0, 0.1) is 34.6 Å². The molecule has 2 bridgehead atoms. The molecule has 0 N–H and O–H groups in total. The molecule has 3 aliphatic rings. The van der Waals surface area contributed by atoms with Crippen molar-refractivity contribution in [3.63, 3.8) is 0 Å². The van der Waals surface area contributed by atoms with Gasteiger partial charge in [0.1, 0.15) is 0 Å². The van der Waals surface area contributed by atoms with E-state index in [0.29, 0.717) is 0 Å². The molecule has 2 aromatic heterocycles. The molecule has 4 nitrogen and oxygen atoms in total. The SMILES string of the molecule is C1CN2CCN1CC2.Cc1cc(C)nc(C)c1.Cc1cccc(C)n1. The Labute approximate surface area is 152 Å².